The number of hydrogen-bond donors (Lipinski definition) is 2. The predicted molar refractivity (Wildman–Crippen MR) is 152 cm³/mol. The fourth-order valence-corrected chi connectivity index (χ4v) is 8.39. The molecule has 0 aliphatic carbocycles. The Morgan fingerprint density at radius 3 is 1.58 bits per heavy atom. The highest BCUT2D eigenvalue weighted by Crippen LogP contribution is 2.20. The van der Waals surface area contributed by atoms with Crippen molar-refractivity contribution in [1.29, 1.82) is 0 Å². The Hall–Kier alpha value is 0.708. The molecule has 0 aromatic heterocycles. The zero-order chi connectivity index (χ0) is 24.3. The Balaban J connectivity index is 4.46. The van der Waals surface area contributed by atoms with Gasteiger partial charge < -0.3 is 19.5 Å². The maximum Gasteiger partial charge on any atom is 0.183 e. The highest BCUT2D eigenvalue weighted by molar-refractivity contribution is 6.76. The second kappa shape index (κ2) is 14.2. The molecule has 0 aliphatic rings. The van der Waals surface area contributed by atoms with E-state index in [1.54, 1.807) is 0 Å². The molecule has 0 aromatic carbocycles. The molecule has 2 atom stereocenters. The van der Waals surface area contributed by atoms with E-state index in [2.05, 4.69) is 89.2 Å². The van der Waals surface area contributed by atoms with Crippen molar-refractivity contribution in [2.24, 2.45) is 11.8 Å². The molecule has 0 fully saturated rings. The molecule has 0 amide bonds. The van der Waals surface area contributed by atoms with Crippen molar-refractivity contribution >= 4 is 32.8 Å². The average molecular weight is 507 g/mol. The smallest absolute Gasteiger partial charge is 0.183 e. The van der Waals surface area contributed by atoms with E-state index < -0.39 is 32.8 Å². The third-order valence-electron chi connectivity index (χ3n) is 5.13. The van der Waals surface area contributed by atoms with Gasteiger partial charge in [-0.2, -0.15) is 0 Å². The number of hydrogen-bond acceptors (Lipinski definition) is 4. The molecule has 0 rings (SSSR count). The van der Waals surface area contributed by atoms with E-state index in [9.17, 15) is 0 Å². The minimum atomic E-state index is -1.45. The second-order valence-corrected chi connectivity index (χ2v) is 34.0. The van der Waals surface area contributed by atoms with Crippen LogP contribution in [-0.2, 0) is 8.85 Å². The molecule has 0 saturated heterocycles. The summed E-state index contributed by atoms with van der Waals surface area (Å²) in [4.78, 5) is 0. The van der Waals surface area contributed by atoms with Gasteiger partial charge in [0, 0.05) is 42.6 Å². The van der Waals surface area contributed by atoms with Crippen molar-refractivity contribution in [2.45, 2.75) is 103 Å². The molecule has 2 unspecified atom stereocenters. The lowest BCUT2D eigenvalue weighted by molar-refractivity contribution is 0.232. The molecule has 2 N–H and O–H groups in total. The SMILES string of the molecule is C[Si](C)(C)CCC(CNCNCC(CCO[Si](C)(C)C)C[Si](C)(C)C)CO[Si](C)(C)C. The van der Waals surface area contributed by atoms with Gasteiger partial charge in [-0.3, -0.25) is 0 Å². The first-order chi connectivity index (χ1) is 13.9. The fraction of sp³-hybridized carbons (Fsp3) is 1.00. The van der Waals surface area contributed by atoms with Gasteiger partial charge >= 0.3 is 0 Å². The Bertz CT molecular complexity index is 448. The summed E-state index contributed by atoms with van der Waals surface area (Å²) >= 11 is 0. The third-order valence-corrected chi connectivity index (χ3v) is 10.8. The van der Waals surface area contributed by atoms with Crippen LogP contribution in [0.25, 0.3) is 0 Å². The van der Waals surface area contributed by atoms with Crippen LogP contribution < -0.4 is 10.6 Å². The Kier molecular flexibility index (Phi) is 14.5. The zero-order valence-electron chi connectivity index (χ0n) is 23.3. The van der Waals surface area contributed by atoms with Crippen LogP contribution in [0.15, 0.2) is 0 Å². The highest BCUT2D eigenvalue weighted by atomic mass is 28.4. The summed E-state index contributed by atoms with van der Waals surface area (Å²) in [5.41, 5.74) is 0. The first-order valence-electron chi connectivity index (χ1n) is 12.6. The van der Waals surface area contributed by atoms with Gasteiger partial charge in [-0.1, -0.05) is 51.4 Å². The summed E-state index contributed by atoms with van der Waals surface area (Å²) in [6.45, 7) is 33.5. The molecule has 0 heterocycles. The molecule has 0 saturated carbocycles. The van der Waals surface area contributed by atoms with E-state index >= 15 is 0 Å². The van der Waals surface area contributed by atoms with Gasteiger partial charge in [-0.05, 0) is 70.5 Å². The first-order valence-corrected chi connectivity index (χ1v) is 26.8. The maximum atomic E-state index is 6.27. The molecule has 0 radical (unpaired) electrons. The van der Waals surface area contributed by atoms with Crippen molar-refractivity contribution in [2.75, 3.05) is 33.0 Å². The van der Waals surface area contributed by atoms with Crippen LogP contribution in [0.3, 0.4) is 0 Å². The molecule has 188 valence electrons. The standard InChI is InChI=1S/C23H58N2O2Si4/c1-28(2,3)16-14-22(19-27-31(10,11)12)17-24-21-25-18-23(20-29(4,5)6)13-15-26-30(7,8)9/h22-25H,13-21H2,1-12H3. The van der Waals surface area contributed by atoms with Crippen LogP contribution in [-0.4, -0.2) is 65.8 Å². The van der Waals surface area contributed by atoms with E-state index in [4.69, 9.17) is 8.85 Å². The van der Waals surface area contributed by atoms with Crippen LogP contribution in [0.1, 0.15) is 12.8 Å². The van der Waals surface area contributed by atoms with Crippen LogP contribution >= 0.6 is 0 Å². The van der Waals surface area contributed by atoms with Gasteiger partial charge in [0.1, 0.15) is 0 Å². The van der Waals surface area contributed by atoms with E-state index in [1.807, 2.05) is 0 Å². The average Bonchev–Trinajstić information content (AvgIpc) is 2.51. The number of rotatable bonds is 18. The molecule has 0 spiro atoms. The van der Waals surface area contributed by atoms with Crippen molar-refractivity contribution in [3.05, 3.63) is 0 Å². The summed E-state index contributed by atoms with van der Waals surface area (Å²) < 4.78 is 12.4. The Morgan fingerprint density at radius 1 is 0.613 bits per heavy atom. The van der Waals surface area contributed by atoms with Crippen molar-refractivity contribution < 1.29 is 8.85 Å². The van der Waals surface area contributed by atoms with Gasteiger partial charge in [0.2, 0.25) is 0 Å². The number of nitrogens with one attached hydrogen (secondary N) is 2. The summed E-state index contributed by atoms with van der Waals surface area (Å²) in [6, 6.07) is 2.76. The largest absolute Gasteiger partial charge is 0.418 e. The normalized spacial score (nSPS) is 15.9. The van der Waals surface area contributed by atoms with Gasteiger partial charge in [-0.25, -0.2) is 0 Å². The maximum absolute atomic E-state index is 6.27. The molecule has 0 aliphatic heterocycles. The Morgan fingerprint density at radius 2 is 1.13 bits per heavy atom. The van der Waals surface area contributed by atoms with Crippen molar-refractivity contribution in [1.82, 2.24) is 10.6 Å². The lowest BCUT2D eigenvalue weighted by Gasteiger charge is -2.27. The van der Waals surface area contributed by atoms with Crippen LogP contribution in [0.4, 0.5) is 0 Å². The first kappa shape index (κ1) is 31.7. The van der Waals surface area contributed by atoms with Crippen molar-refractivity contribution in [3.63, 3.8) is 0 Å². The third kappa shape index (κ3) is 23.7. The lowest BCUT2D eigenvalue weighted by Crippen LogP contribution is -2.39. The summed E-state index contributed by atoms with van der Waals surface area (Å²) in [6.07, 6.45) is 2.48. The predicted octanol–water partition coefficient (Wildman–Crippen LogP) is 6.52. The summed E-state index contributed by atoms with van der Waals surface area (Å²) in [5.74, 6) is 1.35. The zero-order valence-corrected chi connectivity index (χ0v) is 27.3. The lowest BCUT2D eigenvalue weighted by atomic mass is 10.1. The molecule has 31 heavy (non-hydrogen) atoms. The molecule has 4 nitrogen and oxygen atoms in total. The van der Waals surface area contributed by atoms with Crippen molar-refractivity contribution in [3.8, 4) is 0 Å². The van der Waals surface area contributed by atoms with Gasteiger partial charge in [-0.15, -0.1) is 0 Å². The summed E-state index contributed by atoms with van der Waals surface area (Å²) in [7, 11) is -4.94. The van der Waals surface area contributed by atoms with Crippen LogP contribution in [0.2, 0.25) is 90.7 Å². The van der Waals surface area contributed by atoms with Crippen LogP contribution in [0, 0.1) is 11.8 Å². The molecular formula is C23H58N2O2Si4. The van der Waals surface area contributed by atoms with Crippen LogP contribution in [0.5, 0.6) is 0 Å². The van der Waals surface area contributed by atoms with Gasteiger partial charge in [0.05, 0.1) is 0 Å². The van der Waals surface area contributed by atoms with Gasteiger partial charge in [0.25, 0.3) is 0 Å². The summed E-state index contributed by atoms with van der Waals surface area (Å²) in [5, 5.41) is 7.38. The molecule has 8 heteroatoms. The molecule has 0 aromatic rings. The highest BCUT2D eigenvalue weighted by Gasteiger charge is 2.23. The molecular weight excluding hydrogens is 449 g/mol. The topological polar surface area (TPSA) is 42.5 Å². The Labute approximate surface area is 200 Å². The van der Waals surface area contributed by atoms with E-state index in [0.717, 1.165) is 38.9 Å². The second-order valence-electron chi connectivity index (χ2n) is 13.9. The van der Waals surface area contributed by atoms with E-state index in [0.29, 0.717) is 5.92 Å². The molecule has 0 bridgehead atoms. The minimum absolute atomic E-state index is 0.628. The van der Waals surface area contributed by atoms with Gasteiger partial charge in [0.15, 0.2) is 16.6 Å². The minimum Gasteiger partial charge on any atom is -0.418 e. The monoisotopic (exact) mass is 506 g/mol. The quantitative estimate of drug-likeness (QED) is 0.126. The fourth-order valence-electron chi connectivity index (χ4n) is 3.56. The van der Waals surface area contributed by atoms with E-state index in [1.165, 1.54) is 24.9 Å². The van der Waals surface area contributed by atoms with E-state index in [-0.39, 0.29) is 0 Å².